The Bertz CT molecular complexity index is 479. The minimum Gasteiger partial charge on any atom is -0.350 e. The molecule has 3 nitrogen and oxygen atoms in total. The third-order valence-electron chi connectivity index (χ3n) is 3.26. The number of carbonyl (C=O) groups is 1. The third-order valence-corrected chi connectivity index (χ3v) is 3.87. The minimum absolute atomic E-state index is 0. The van der Waals surface area contributed by atoms with E-state index in [-0.39, 0.29) is 28.0 Å². The predicted octanol–water partition coefficient (Wildman–Crippen LogP) is 3.80. The Hall–Kier alpha value is -0.550. The molecule has 0 bridgehead atoms. The summed E-state index contributed by atoms with van der Waals surface area (Å²) in [6.45, 7) is 4.20. The summed E-state index contributed by atoms with van der Waals surface area (Å²) in [5, 5.41) is 2.67. The van der Waals surface area contributed by atoms with Crippen LogP contribution in [0.2, 0.25) is 10.0 Å². The van der Waals surface area contributed by atoms with Crippen molar-refractivity contribution in [2.24, 2.45) is 5.73 Å². The molecule has 0 atom stereocenters. The van der Waals surface area contributed by atoms with E-state index in [0.717, 1.165) is 18.9 Å². The highest BCUT2D eigenvalue weighted by molar-refractivity contribution is 6.36. The molecule has 1 aromatic carbocycles. The van der Waals surface area contributed by atoms with E-state index in [1.165, 1.54) is 6.07 Å². The van der Waals surface area contributed by atoms with Gasteiger partial charge >= 0.3 is 0 Å². The van der Waals surface area contributed by atoms with E-state index in [9.17, 15) is 9.18 Å². The largest absolute Gasteiger partial charge is 0.350 e. The second-order valence-corrected chi connectivity index (χ2v) is 5.31. The molecule has 0 saturated carbocycles. The van der Waals surface area contributed by atoms with Crippen LogP contribution in [0.3, 0.4) is 0 Å². The molecule has 20 heavy (non-hydrogen) atoms. The topological polar surface area (TPSA) is 55.1 Å². The molecular formula is C13H18Cl3FN2O. The highest BCUT2D eigenvalue weighted by Gasteiger charge is 2.22. The fourth-order valence-corrected chi connectivity index (χ4v) is 2.02. The van der Waals surface area contributed by atoms with Crippen LogP contribution in [0.15, 0.2) is 12.1 Å². The third kappa shape index (κ3) is 4.77. The van der Waals surface area contributed by atoms with Gasteiger partial charge in [-0.2, -0.15) is 0 Å². The lowest BCUT2D eigenvalue weighted by molar-refractivity contribution is 0.0942. The first kappa shape index (κ1) is 19.4. The Kier molecular flexibility index (Phi) is 7.81. The van der Waals surface area contributed by atoms with Crippen LogP contribution in [0.4, 0.5) is 4.39 Å². The normalized spacial score (nSPS) is 10.9. The second-order valence-electron chi connectivity index (χ2n) is 4.50. The van der Waals surface area contributed by atoms with E-state index < -0.39 is 17.3 Å². The van der Waals surface area contributed by atoms with E-state index >= 15 is 0 Å². The number of amides is 1. The SMILES string of the molecule is CCC(N)(CC)CNC(=O)c1cc(F)c(Cl)cc1Cl.Cl. The van der Waals surface area contributed by atoms with Gasteiger partial charge in [0.25, 0.3) is 5.91 Å². The standard InChI is InChI=1S/C13H17Cl2FN2O.ClH/c1-3-13(17,4-2)7-18-12(19)8-5-11(16)10(15)6-9(8)14;/h5-6H,3-4,7,17H2,1-2H3,(H,18,19);1H. The van der Waals surface area contributed by atoms with Crippen LogP contribution in [0, 0.1) is 5.82 Å². The van der Waals surface area contributed by atoms with Gasteiger partial charge in [-0.05, 0) is 25.0 Å². The van der Waals surface area contributed by atoms with E-state index in [0.29, 0.717) is 6.54 Å². The van der Waals surface area contributed by atoms with Crippen LogP contribution in [-0.2, 0) is 0 Å². The van der Waals surface area contributed by atoms with Crippen LogP contribution < -0.4 is 11.1 Å². The molecule has 0 aliphatic heterocycles. The second kappa shape index (κ2) is 8.03. The number of hydrogen-bond donors (Lipinski definition) is 2. The molecule has 0 aromatic heterocycles. The number of halogens is 4. The van der Waals surface area contributed by atoms with Crippen molar-refractivity contribution >= 4 is 41.5 Å². The first-order valence-corrected chi connectivity index (χ1v) is 6.80. The van der Waals surface area contributed by atoms with Crippen molar-refractivity contribution in [3.63, 3.8) is 0 Å². The maximum atomic E-state index is 13.3. The lowest BCUT2D eigenvalue weighted by Gasteiger charge is -2.26. The van der Waals surface area contributed by atoms with Crippen molar-refractivity contribution in [3.8, 4) is 0 Å². The molecule has 0 spiro atoms. The quantitative estimate of drug-likeness (QED) is 0.799. The summed E-state index contributed by atoms with van der Waals surface area (Å²) in [4.78, 5) is 11.9. The van der Waals surface area contributed by atoms with Gasteiger partial charge in [-0.15, -0.1) is 12.4 Å². The molecular weight excluding hydrogens is 326 g/mol. The first-order valence-electron chi connectivity index (χ1n) is 6.04. The van der Waals surface area contributed by atoms with Gasteiger partial charge in [0, 0.05) is 12.1 Å². The van der Waals surface area contributed by atoms with Crippen molar-refractivity contribution < 1.29 is 9.18 Å². The Morgan fingerprint density at radius 2 is 1.85 bits per heavy atom. The van der Waals surface area contributed by atoms with Gasteiger partial charge in [-0.3, -0.25) is 4.79 Å². The van der Waals surface area contributed by atoms with Crippen molar-refractivity contribution in [3.05, 3.63) is 33.6 Å². The number of benzene rings is 1. The predicted molar refractivity (Wildman–Crippen MR) is 83.5 cm³/mol. The zero-order chi connectivity index (χ0) is 14.6. The van der Waals surface area contributed by atoms with Crippen molar-refractivity contribution in [1.29, 1.82) is 0 Å². The molecule has 114 valence electrons. The van der Waals surface area contributed by atoms with Gasteiger partial charge in [0.05, 0.1) is 15.6 Å². The fourth-order valence-electron chi connectivity index (χ4n) is 1.55. The molecule has 1 amide bonds. The maximum Gasteiger partial charge on any atom is 0.252 e. The van der Waals surface area contributed by atoms with Crippen LogP contribution in [-0.4, -0.2) is 18.0 Å². The highest BCUT2D eigenvalue weighted by atomic mass is 35.5. The average molecular weight is 344 g/mol. The Balaban J connectivity index is 0.00000361. The van der Waals surface area contributed by atoms with Gasteiger partial charge in [0.1, 0.15) is 5.82 Å². The van der Waals surface area contributed by atoms with Crippen LogP contribution >= 0.6 is 35.6 Å². The molecule has 0 fully saturated rings. The van der Waals surface area contributed by atoms with Gasteiger partial charge in [0.15, 0.2) is 0 Å². The summed E-state index contributed by atoms with van der Waals surface area (Å²) in [6, 6.07) is 2.23. The van der Waals surface area contributed by atoms with E-state index in [1.54, 1.807) is 0 Å². The fraction of sp³-hybridized carbons (Fsp3) is 0.462. The van der Waals surface area contributed by atoms with E-state index in [1.807, 2.05) is 13.8 Å². The lowest BCUT2D eigenvalue weighted by Crippen LogP contribution is -2.49. The minimum atomic E-state index is -0.679. The summed E-state index contributed by atoms with van der Waals surface area (Å²) in [7, 11) is 0. The molecule has 0 unspecified atom stereocenters. The molecule has 0 heterocycles. The molecule has 7 heteroatoms. The zero-order valence-corrected chi connectivity index (χ0v) is 13.6. The molecule has 1 rings (SSSR count). The number of rotatable bonds is 5. The molecule has 0 aliphatic rings. The van der Waals surface area contributed by atoms with E-state index in [4.69, 9.17) is 28.9 Å². The van der Waals surface area contributed by atoms with Crippen molar-refractivity contribution in [1.82, 2.24) is 5.32 Å². The van der Waals surface area contributed by atoms with Crippen LogP contribution in [0.1, 0.15) is 37.0 Å². The highest BCUT2D eigenvalue weighted by Crippen LogP contribution is 2.24. The summed E-state index contributed by atoms with van der Waals surface area (Å²) >= 11 is 11.4. The van der Waals surface area contributed by atoms with Crippen molar-refractivity contribution in [2.75, 3.05) is 6.54 Å². The summed E-state index contributed by atoms with van der Waals surface area (Å²) in [5.41, 5.74) is 5.66. The van der Waals surface area contributed by atoms with Gasteiger partial charge in [-0.1, -0.05) is 37.0 Å². The maximum absolute atomic E-state index is 13.3. The number of hydrogen-bond acceptors (Lipinski definition) is 2. The molecule has 1 aromatic rings. The smallest absolute Gasteiger partial charge is 0.252 e. The van der Waals surface area contributed by atoms with Crippen LogP contribution in [0.25, 0.3) is 0 Å². The number of nitrogens with one attached hydrogen (secondary N) is 1. The summed E-state index contributed by atoms with van der Waals surface area (Å²) in [6.07, 6.45) is 1.46. The number of carbonyl (C=O) groups excluding carboxylic acids is 1. The van der Waals surface area contributed by atoms with E-state index in [2.05, 4.69) is 5.32 Å². The number of nitrogens with two attached hydrogens (primary N) is 1. The lowest BCUT2D eigenvalue weighted by atomic mass is 9.94. The molecule has 0 aliphatic carbocycles. The summed E-state index contributed by atoms with van der Waals surface area (Å²) < 4.78 is 13.3. The Labute approximate surface area is 134 Å². The van der Waals surface area contributed by atoms with Gasteiger partial charge in [0.2, 0.25) is 0 Å². The van der Waals surface area contributed by atoms with Crippen molar-refractivity contribution in [2.45, 2.75) is 32.2 Å². The molecule has 0 radical (unpaired) electrons. The zero-order valence-electron chi connectivity index (χ0n) is 11.3. The van der Waals surface area contributed by atoms with Crippen LogP contribution in [0.5, 0.6) is 0 Å². The summed E-state index contributed by atoms with van der Waals surface area (Å²) in [5.74, 6) is -1.14. The Morgan fingerprint density at radius 1 is 1.30 bits per heavy atom. The monoisotopic (exact) mass is 342 g/mol. The molecule has 0 saturated heterocycles. The van der Waals surface area contributed by atoms with Gasteiger partial charge in [-0.25, -0.2) is 4.39 Å². The average Bonchev–Trinajstić information content (AvgIpc) is 2.39. The van der Waals surface area contributed by atoms with Gasteiger partial charge < -0.3 is 11.1 Å². The Morgan fingerprint density at radius 3 is 2.35 bits per heavy atom. The molecule has 3 N–H and O–H groups in total. The first-order chi connectivity index (χ1) is 8.83.